The molecule has 0 spiro atoms. The highest BCUT2D eigenvalue weighted by atomic mass is 35.5. The number of anilines is 1. The first-order valence-corrected chi connectivity index (χ1v) is 4.75. The minimum Gasteiger partial charge on any atom is -0.354 e. The van der Waals surface area contributed by atoms with Gasteiger partial charge in [0, 0.05) is 32.4 Å². The molecule has 14 heavy (non-hydrogen) atoms. The minimum absolute atomic E-state index is 0. The van der Waals surface area contributed by atoms with Crippen LogP contribution in [0, 0.1) is 6.92 Å². The molecule has 0 unspecified atom stereocenters. The van der Waals surface area contributed by atoms with E-state index < -0.39 is 0 Å². The zero-order valence-corrected chi connectivity index (χ0v) is 9.18. The van der Waals surface area contributed by atoms with Gasteiger partial charge in [-0.1, -0.05) is 6.07 Å². The van der Waals surface area contributed by atoms with Gasteiger partial charge in [-0.2, -0.15) is 0 Å². The van der Waals surface area contributed by atoms with Crippen LogP contribution in [0.25, 0.3) is 0 Å². The van der Waals surface area contributed by atoms with Crippen molar-refractivity contribution in [1.29, 1.82) is 0 Å². The zero-order valence-electron chi connectivity index (χ0n) is 8.36. The molecule has 1 N–H and O–H groups in total. The summed E-state index contributed by atoms with van der Waals surface area (Å²) in [5, 5.41) is 3.33. The van der Waals surface area contributed by atoms with Crippen LogP contribution < -0.4 is 10.2 Å². The quantitative estimate of drug-likeness (QED) is 0.761. The van der Waals surface area contributed by atoms with Crippen LogP contribution in [0.5, 0.6) is 0 Å². The molecular formula is C10H16ClN3. The maximum atomic E-state index is 4.40. The summed E-state index contributed by atoms with van der Waals surface area (Å²) in [6, 6.07) is 4.10. The number of rotatable bonds is 1. The van der Waals surface area contributed by atoms with E-state index in [1.165, 1.54) is 5.56 Å². The molecule has 78 valence electrons. The summed E-state index contributed by atoms with van der Waals surface area (Å²) in [6.07, 6.45) is 1.87. The Morgan fingerprint density at radius 2 is 2.07 bits per heavy atom. The summed E-state index contributed by atoms with van der Waals surface area (Å²) in [5.74, 6) is 1.14. The Balaban J connectivity index is 0.000000980. The first kappa shape index (κ1) is 11.3. The van der Waals surface area contributed by atoms with Gasteiger partial charge in [-0.05, 0) is 18.6 Å². The van der Waals surface area contributed by atoms with Gasteiger partial charge in [-0.3, -0.25) is 0 Å². The number of hydrogen-bond acceptors (Lipinski definition) is 3. The molecule has 1 fully saturated rings. The van der Waals surface area contributed by atoms with Crippen molar-refractivity contribution < 1.29 is 0 Å². The number of nitrogens with zero attached hydrogens (tertiary/aromatic N) is 2. The van der Waals surface area contributed by atoms with E-state index in [4.69, 9.17) is 0 Å². The number of aryl methyl sites for hydroxylation is 1. The third-order valence-corrected chi connectivity index (χ3v) is 2.40. The molecule has 3 nitrogen and oxygen atoms in total. The average molecular weight is 214 g/mol. The first-order chi connectivity index (χ1) is 6.38. The molecule has 0 aliphatic carbocycles. The number of nitrogens with one attached hydrogen (secondary N) is 1. The summed E-state index contributed by atoms with van der Waals surface area (Å²) in [4.78, 5) is 6.74. The summed E-state index contributed by atoms with van der Waals surface area (Å²) < 4.78 is 0. The number of aromatic nitrogens is 1. The normalized spacial score (nSPS) is 16.2. The second-order valence-corrected chi connectivity index (χ2v) is 3.38. The number of hydrogen-bond donors (Lipinski definition) is 1. The molecular weight excluding hydrogens is 198 g/mol. The third-order valence-electron chi connectivity index (χ3n) is 2.40. The van der Waals surface area contributed by atoms with Gasteiger partial charge in [0.1, 0.15) is 5.82 Å². The van der Waals surface area contributed by atoms with Crippen molar-refractivity contribution >= 4 is 18.2 Å². The monoisotopic (exact) mass is 213 g/mol. The van der Waals surface area contributed by atoms with Crippen LogP contribution in [0.4, 0.5) is 5.82 Å². The second kappa shape index (κ2) is 5.17. The highest BCUT2D eigenvalue weighted by Gasteiger charge is 2.12. The Morgan fingerprint density at radius 3 is 2.71 bits per heavy atom. The van der Waals surface area contributed by atoms with Gasteiger partial charge in [-0.15, -0.1) is 12.4 Å². The smallest absolute Gasteiger partial charge is 0.131 e. The lowest BCUT2D eigenvalue weighted by molar-refractivity contribution is 0.584. The minimum atomic E-state index is 0. The van der Waals surface area contributed by atoms with Gasteiger partial charge in [0.2, 0.25) is 0 Å². The number of pyridine rings is 1. The van der Waals surface area contributed by atoms with Crippen LogP contribution >= 0.6 is 12.4 Å². The molecule has 0 radical (unpaired) electrons. The first-order valence-electron chi connectivity index (χ1n) is 4.75. The van der Waals surface area contributed by atoms with Gasteiger partial charge < -0.3 is 10.2 Å². The van der Waals surface area contributed by atoms with E-state index in [-0.39, 0.29) is 12.4 Å². The summed E-state index contributed by atoms with van der Waals surface area (Å²) in [7, 11) is 0. The van der Waals surface area contributed by atoms with E-state index in [2.05, 4.69) is 28.2 Å². The highest BCUT2D eigenvalue weighted by molar-refractivity contribution is 5.85. The average Bonchev–Trinajstić information content (AvgIpc) is 2.20. The molecule has 4 heteroatoms. The Morgan fingerprint density at radius 1 is 1.36 bits per heavy atom. The maximum absolute atomic E-state index is 4.40. The Hall–Kier alpha value is -0.800. The lowest BCUT2D eigenvalue weighted by atomic mass is 10.2. The van der Waals surface area contributed by atoms with Gasteiger partial charge in [-0.25, -0.2) is 4.98 Å². The molecule has 1 aliphatic heterocycles. The van der Waals surface area contributed by atoms with Gasteiger partial charge in [0.25, 0.3) is 0 Å². The standard InChI is InChI=1S/C10H15N3.ClH/c1-9-3-2-4-12-10(9)13-7-5-11-6-8-13;/h2-4,11H,5-8H2,1H3;1H. The fourth-order valence-corrected chi connectivity index (χ4v) is 1.69. The van der Waals surface area contributed by atoms with E-state index in [0.717, 1.165) is 32.0 Å². The molecule has 1 aromatic rings. The van der Waals surface area contributed by atoms with Crippen molar-refractivity contribution in [2.45, 2.75) is 6.92 Å². The SMILES string of the molecule is Cc1cccnc1N1CCNCC1.Cl. The van der Waals surface area contributed by atoms with E-state index in [9.17, 15) is 0 Å². The number of piperazine rings is 1. The van der Waals surface area contributed by atoms with Crippen molar-refractivity contribution in [3.63, 3.8) is 0 Å². The van der Waals surface area contributed by atoms with Gasteiger partial charge in [0.15, 0.2) is 0 Å². The topological polar surface area (TPSA) is 28.2 Å². The highest BCUT2D eigenvalue weighted by Crippen LogP contribution is 2.15. The molecule has 1 aromatic heterocycles. The van der Waals surface area contributed by atoms with E-state index >= 15 is 0 Å². The van der Waals surface area contributed by atoms with E-state index in [1.54, 1.807) is 0 Å². The molecule has 1 saturated heterocycles. The Bertz CT molecular complexity index is 284. The van der Waals surface area contributed by atoms with Crippen molar-refractivity contribution in [2.75, 3.05) is 31.1 Å². The second-order valence-electron chi connectivity index (χ2n) is 3.38. The lowest BCUT2D eigenvalue weighted by Crippen LogP contribution is -2.44. The van der Waals surface area contributed by atoms with Crippen LogP contribution in [-0.2, 0) is 0 Å². The molecule has 0 atom stereocenters. The van der Waals surface area contributed by atoms with Crippen LogP contribution in [-0.4, -0.2) is 31.2 Å². The molecule has 1 aliphatic rings. The van der Waals surface area contributed by atoms with Crippen molar-refractivity contribution in [3.8, 4) is 0 Å². The fourth-order valence-electron chi connectivity index (χ4n) is 1.69. The number of halogens is 1. The molecule has 2 heterocycles. The van der Waals surface area contributed by atoms with Crippen molar-refractivity contribution in [3.05, 3.63) is 23.9 Å². The maximum Gasteiger partial charge on any atom is 0.131 e. The summed E-state index contributed by atoms with van der Waals surface area (Å²) >= 11 is 0. The summed E-state index contributed by atoms with van der Waals surface area (Å²) in [6.45, 7) is 6.38. The van der Waals surface area contributed by atoms with Crippen LogP contribution in [0.2, 0.25) is 0 Å². The van der Waals surface area contributed by atoms with E-state index in [0.29, 0.717) is 0 Å². The zero-order chi connectivity index (χ0) is 9.10. The molecule has 0 aromatic carbocycles. The Labute approximate surface area is 90.9 Å². The molecule has 2 rings (SSSR count). The van der Waals surface area contributed by atoms with Gasteiger partial charge in [0.05, 0.1) is 0 Å². The van der Waals surface area contributed by atoms with Crippen molar-refractivity contribution in [1.82, 2.24) is 10.3 Å². The Kier molecular flexibility index (Phi) is 4.17. The van der Waals surface area contributed by atoms with Gasteiger partial charge >= 0.3 is 0 Å². The largest absolute Gasteiger partial charge is 0.354 e. The van der Waals surface area contributed by atoms with Crippen LogP contribution in [0.15, 0.2) is 18.3 Å². The van der Waals surface area contributed by atoms with Crippen molar-refractivity contribution in [2.24, 2.45) is 0 Å². The predicted molar refractivity (Wildman–Crippen MR) is 61.3 cm³/mol. The molecule has 0 saturated carbocycles. The third kappa shape index (κ3) is 2.36. The summed E-state index contributed by atoms with van der Waals surface area (Å²) in [5.41, 5.74) is 1.27. The molecule has 0 amide bonds. The fraction of sp³-hybridized carbons (Fsp3) is 0.500. The predicted octanol–water partition coefficient (Wildman–Crippen LogP) is 1.22. The van der Waals surface area contributed by atoms with E-state index in [1.807, 2.05) is 12.3 Å². The molecule has 0 bridgehead atoms. The van der Waals surface area contributed by atoms with Crippen LogP contribution in [0.1, 0.15) is 5.56 Å². The van der Waals surface area contributed by atoms with Crippen LogP contribution in [0.3, 0.4) is 0 Å². The lowest BCUT2D eigenvalue weighted by Gasteiger charge is -2.29.